The molecule has 0 spiro atoms. The minimum Gasteiger partial charge on any atom is -0.381 e. The van der Waals surface area contributed by atoms with E-state index in [4.69, 9.17) is 4.74 Å². The van der Waals surface area contributed by atoms with Crippen LogP contribution in [0.5, 0.6) is 0 Å². The third-order valence-corrected chi connectivity index (χ3v) is 5.20. The number of hydrogen-bond donors (Lipinski definition) is 0. The number of carbonyl (C=O) groups is 1. The Morgan fingerprint density at radius 3 is 2.67 bits per heavy atom. The smallest absolute Gasteiger partial charge is 0.233 e. The predicted octanol–water partition coefficient (Wildman–Crippen LogP) is 2.11. The number of halogens is 1. The fourth-order valence-corrected chi connectivity index (χ4v) is 3.78. The molecule has 2 aliphatic heterocycles. The first-order valence-electron chi connectivity index (χ1n) is 8.31. The van der Waals surface area contributed by atoms with Crippen molar-refractivity contribution in [1.29, 1.82) is 0 Å². The number of nitrogens with zero attached hydrogens (tertiary/aromatic N) is 3. The first-order valence-corrected chi connectivity index (χ1v) is 8.31. The average Bonchev–Trinajstić information content (AvgIpc) is 3.10. The molecule has 2 aliphatic rings. The van der Waals surface area contributed by atoms with E-state index in [2.05, 4.69) is 9.55 Å². The van der Waals surface area contributed by atoms with Gasteiger partial charge in [-0.25, -0.2) is 9.37 Å². The fourth-order valence-electron chi connectivity index (χ4n) is 3.78. The highest BCUT2D eigenvalue weighted by molar-refractivity contribution is 5.88. The van der Waals surface area contributed by atoms with Crippen molar-refractivity contribution in [3.63, 3.8) is 0 Å². The largest absolute Gasteiger partial charge is 0.381 e. The van der Waals surface area contributed by atoms with Crippen molar-refractivity contribution in [3.8, 4) is 0 Å². The zero-order valence-corrected chi connectivity index (χ0v) is 13.4. The van der Waals surface area contributed by atoms with Gasteiger partial charge in [0, 0.05) is 32.5 Å². The van der Waals surface area contributed by atoms with Crippen molar-refractivity contribution in [1.82, 2.24) is 14.5 Å². The van der Waals surface area contributed by atoms with Crippen molar-refractivity contribution in [2.75, 3.05) is 19.8 Å². The van der Waals surface area contributed by atoms with E-state index in [-0.39, 0.29) is 11.7 Å². The van der Waals surface area contributed by atoms with Gasteiger partial charge in [0.2, 0.25) is 5.91 Å². The van der Waals surface area contributed by atoms with Crippen LogP contribution in [0.4, 0.5) is 4.39 Å². The highest BCUT2D eigenvalue weighted by atomic mass is 19.1. The summed E-state index contributed by atoms with van der Waals surface area (Å²) >= 11 is 0. The average molecular weight is 329 g/mol. The molecule has 0 radical (unpaired) electrons. The highest BCUT2D eigenvalue weighted by Gasteiger charge is 2.44. The highest BCUT2D eigenvalue weighted by Crippen LogP contribution is 2.37. The van der Waals surface area contributed by atoms with Crippen LogP contribution in [0.2, 0.25) is 0 Å². The van der Waals surface area contributed by atoms with Gasteiger partial charge < -0.3 is 14.2 Å². The van der Waals surface area contributed by atoms with Crippen molar-refractivity contribution in [2.45, 2.75) is 31.3 Å². The molecule has 0 bridgehead atoms. The van der Waals surface area contributed by atoms with Crippen molar-refractivity contribution < 1.29 is 13.9 Å². The molecular formula is C18H20FN3O2. The number of benzene rings is 1. The van der Waals surface area contributed by atoms with Crippen molar-refractivity contribution in [2.24, 2.45) is 0 Å². The van der Waals surface area contributed by atoms with Crippen LogP contribution < -0.4 is 0 Å². The van der Waals surface area contributed by atoms with E-state index in [1.54, 1.807) is 18.5 Å². The summed E-state index contributed by atoms with van der Waals surface area (Å²) in [6.07, 6.45) is 4.88. The van der Waals surface area contributed by atoms with Crippen LogP contribution in [0.1, 0.15) is 24.1 Å². The number of rotatable bonds is 2. The third kappa shape index (κ3) is 2.51. The monoisotopic (exact) mass is 329 g/mol. The van der Waals surface area contributed by atoms with Gasteiger partial charge in [-0.05, 0) is 30.5 Å². The lowest BCUT2D eigenvalue weighted by Crippen LogP contribution is -2.51. The Hall–Kier alpha value is -2.21. The van der Waals surface area contributed by atoms with Gasteiger partial charge in [-0.15, -0.1) is 0 Å². The summed E-state index contributed by atoms with van der Waals surface area (Å²) in [5.74, 6) is -0.167. The van der Waals surface area contributed by atoms with Crippen LogP contribution in [0.3, 0.4) is 0 Å². The molecule has 1 aromatic heterocycles. The molecule has 0 saturated carbocycles. The number of fused-ring (bicyclic) bond motifs is 1. The third-order valence-electron chi connectivity index (χ3n) is 5.20. The zero-order valence-electron chi connectivity index (χ0n) is 13.4. The molecule has 3 heterocycles. The molecule has 1 saturated heterocycles. The zero-order chi connectivity index (χ0) is 16.6. The summed E-state index contributed by atoms with van der Waals surface area (Å²) in [5, 5.41) is 0. The van der Waals surface area contributed by atoms with E-state index >= 15 is 0 Å². The second-order valence-electron chi connectivity index (χ2n) is 6.51. The maximum absolute atomic E-state index is 13.4. The summed E-state index contributed by atoms with van der Waals surface area (Å²) < 4.78 is 20.9. The SMILES string of the molecule is O=C(N1CCn2cncc2C1)C1(c2ccc(F)cc2)CCOCC1. The topological polar surface area (TPSA) is 47.4 Å². The molecule has 0 N–H and O–H groups in total. The van der Waals surface area contributed by atoms with Gasteiger partial charge in [-0.3, -0.25) is 4.79 Å². The standard InChI is InChI=1S/C18H20FN3O2/c19-15-3-1-14(2-4-15)18(5-9-24-10-6-18)17(23)21-7-8-22-13-20-11-16(22)12-21/h1-4,11,13H,5-10,12H2. The quantitative estimate of drug-likeness (QED) is 0.848. The lowest BCUT2D eigenvalue weighted by Gasteiger charge is -2.41. The first kappa shape index (κ1) is 15.3. The van der Waals surface area contributed by atoms with Crippen LogP contribution in [0.25, 0.3) is 0 Å². The molecule has 4 rings (SSSR count). The van der Waals surface area contributed by atoms with Gasteiger partial charge >= 0.3 is 0 Å². The number of imidazole rings is 1. The van der Waals surface area contributed by atoms with Gasteiger partial charge in [-0.2, -0.15) is 0 Å². The number of aromatic nitrogens is 2. The van der Waals surface area contributed by atoms with Gasteiger partial charge in [0.25, 0.3) is 0 Å². The van der Waals surface area contributed by atoms with Gasteiger partial charge in [0.05, 0.1) is 24.0 Å². The number of carbonyl (C=O) groups excluding carboxylic acids is 1. The Labute approximate surface area is 140 Å². The Morgan fingerprint density at radius 1 is 1.17 bits per heavy atom. The van der Waals surface area contributed by atoms with Crippen LogP contribution in [0, 0.1) is 5.82 Å². The molecule has 126 valence electrons. The van der Waals surface area contributed by atoms with E-state index in [1.807, 2.05) is 11.1 Å². The second-order valence-corrected chi connectivity index (χ2v) is 6.51. The molecular weight excluding hydrogens is 309 g/mol. The second kappa shape index (κ2) is 6.02. The number of amides is 1. The molecule has 0 aliphatic carbocycles. The summed E-state index contributed by atoms with van der Waals surface area (Å²) in [6.45, 7) is 3.11. The van der Waals surface area contributed by atoms with Gasteiger partial charge in [-0.1, -0.05) is 12.1 Å². The molecule has 0 atom stereocenters. The molecule has 1 aromatic carbocycles. The Morgan fingerprint density at radius 2 is 1.92 bits per heavy atom. The van der Waals surface area contributed by atoms with E-state index in [9.17, 15) is 9.18 Å². The normalized spacial score (nSPS) is 19.8. The first-order chi connectivity index (χ1) is 11.7. The molecule has 6 heteroatoms. The summed E-state index contributed by atoms with van der Waals surface area (Å²) in [4.78, 5) is 19.5. The predicted molar refractivity (Wildman–Crippen MR) is 85.8 cm³/mol. The van der Waals surface area contributed by atoms with Crippen LogP contribution >= 0.6 is 0 Å². The summed E-state index contributed by atoms with van der Waals surface area (Å²) in [5.41, 5.74) is 1.32. The maximum atomic E-state index is 13.4. The summed E-state index contributed by atoms with van der Waals surface area (Å²) in [7, 11) is 0. The number of ether oxygens (including phenoxy) is 1. The van der Waals surface area contributed by atoms with E-state index in [0.717, 1.165) is 17.8 Å². The number of hydrogen-bond acceptors (Lipinski definition) is 3. The van der Waals surface area contributed by atoms with Crippen LogP contribution in [0.15, 0.2) is 36.8 Å². The van der Waals surface area contributed by atoms with Crippen molar-refractivity contribution >= 4 is 5.91 Å². The van der Waals surface area contributed by atoms with Crippen molar-refractivity contribution in [3.05, 3.63) is 53.9 Å². The molecule has 5 nitrogen and oxygen atoms in total. The summed E-state index contributed by atoms with van der Waals surface area (Å²) in [6, 6.07) is 6.36. The fraction of sp³-hybridized carbons (Fsp3) is 0.444. The van der Waals surface area contributed by atoms with E-state index in [0.29, 0.717) is 39.1 Å². The Bertz CT molecular complexity index is 735. The Balaban J connectivity index is 1.66. The Kier molecular flexibility index (Phi) is 3.84. The minimum atomic E-state index is -0.617. The maximum Gasteiger partial charge on any atom is 0.233 e. The molecule has 0 unspecified atom stereocenters. The van der Waals surface area contributed by atoms with E-state index < -0.39 is 5.41 Å². The molecule has 24 heavy (non-hydrogen) atoms. The van der Waals surface area contributed by atoms with E-state index in [1.165, 1.54) is 12.1 Å². The molecule has 1 fully saturated rings. The molecule has 1 amide bonds. The van der Waals surface area contributed by atoms with Crippen LogP contribution in [-0.2, 0) is 28.0 Å². The molecule has 2 aromatic rings. The van der Waals surface area contributed by atoms with Crippen LogP contribution in [-0.4, -0.2) is 40.1 Å². The lowest BCUT2D eigenvalue weighted by molar-refractivity contribution is -0.142. The lowest BCUT2D eigenvalue weighted by atomic mass is 9.73. The minimum absolute atomic E-state index is 0.116. The van der Waals surface area contributed by atoms with Gasteiger partial charge in [0.15, 0.2) is 0 Å². The van der Waals surface area contributed by atoms with Gasteiger partial charge in [0.1, 0.15) is 5.82 Å².